The van der Waals surface area contributed by atoms with Crippen molar-refractivity contribution in [2.24, 2.45) is 0 Å². The summed E-state index contributed by atoms with van der Waals surface area (Å²) in [6.45, 7) is 3.92. The summed E-state index contributed by atoms with van der Waals surface area (Å²) in [7, 11) is 1.64. The van der Waals surface area contributed by atoms with Gasteiger partial charge in [0, 0.05) is 37.3 Å². The molecule has 0 spiro atoms. The lowest BCUT2D eigenvalue weighted by Crippen LogP contribution is -2.41. The predicted octanol–water partition coefficient (Wildman–Crippen LogP) is 4.95. The molecule has 2 heterocycles. The molecule has 0 unspecified atom stereocenters. The molecule has 2 N–H and O–H groups in total. The highest BCUT2D eigenvalue weighted by atomic mass is 19.4. The highest BCUT2D eigenvalue weighted by molar-refractivity contribution is 6.05. The number of hydrogen-bond donors (Lipinski definition) is 2. The first-order valence-corrected chi connectivity index (χ1v) is 10.00. The summed E-state index contributed by atoms with van der Waals surface area (Å²) in [5.41, 5.74) is 1.57. The van der Waals surface area contributed by atoms with Crippen LogP contribution in [0.4, 0.5) is 29.3 Å². The van der Waals surface area contributed by atoms with E-state index in [4.69, 9.17) is 4.74 Å². The van der Waals surface area contributed by atoms with E-state index in [1.54, 1.807) is 33.0 Å². The van der Waals surface area contributed by atoms with Crippen molar-refractivity contribution in [3.63, 3.8) is 0 Å². The number of carbonyl (C=O) groups is 2. The second kappa shape index (κ2) is 7.58. The van der Waals surface area contributed by atoms with Crippen LogP contribution in [0.2, 0.25) is 0 Å². The van der Waals surface area contributed by atoms with Gasteiger partial charge in [0.25, 0.3) is 0 Å². The summed E-state index contributed by atoms with van der Waals surface area (Å²) < 4.78 is 45.1. The van der Waals surface area contributed by atoms with Crippen LogP contribution in [0.3, 0.4) is 0 Å². The maximum Gasteiger partial charge on any atom is 0.416 e. The molecule has 0 aromatic heterocycles. The van der Waals surface area contributed by atoms with E-state index in [9.17, 15) is 22.8 Å². The van der Waals surface area contributed by atoms with Crippen LogP contribution in [-0.2, 0) is 17.5 Å². The second-order valence-corrected chi connectivity index (χ2v) is 8.47. The fourth-order valence-corrected chi connectivity index (χ4v) is 3.90. The van der Waals surface area contributed by atoms with E-state index < -0.39 is 23.2 Å². The van der Waals surface area contributed by atoms with E-state index in [2.05, 4.69) is 10.6 Å². The minimum atomic E-state index is -4.49. The molecule has 9 heteroatoms. The van der Waals surface area contributed by atoms with Crippen LogP contribution in [0.1, 0.15) is 37.0 Å². The Kier molecular flexibility index (Phi) is 5.15. The number of urea groups is 1. The molecule has 0 saturated carbocycles. The molecule has 2 aliphatic rings. The Morgan fingerprint density at radius 3 is 2.69 bits per heavy atom. The van der Waals surface area contributed by atoms with E-state index >= 15 is 0 Å². The Morgan fingerprint density at radius 2 is 1.97 bits per heavy atom. The zero-order valence-electron chi connectivity index (χ0n) is 17.8. The minimum absolute atomic E-state index is 0.0940. The van der Waals surface area contributed by atoms with Crippen molar-refractivity contribution < 1.29 is 27.5 Å². The van der Waals surface area contributed by atoms with Crippen molar-refractivity contribution in [1.29, 1.82) is 0 Å². The van der Waals surface area contributed by atoms with Crippen LogP contribution < -0.4 is 20.3 Å². The largest absolute Gasteiger partial charge is 0.487 e. The Morgan fingerprint density at radius 1 is 1.22 bits per heavy atom. The number of rotatable bonds is 2. The first kappa shape index (κ1) is 21.7. The maximum atomic E-state index is 13.1. The fraction of sp³-hybridized carbons (Fsp3) is 0.304. The van der Waals surface area contributed by atoms with Gasteiger partial charge in [0.2, 0.25) is 5.91 Å². The molecule has 0 atom stereocenters. The van der Waals surface area contributed by atoms with E-state index in [-0.39, 0.29) is 11.8 Å². The molecule has 0 radical (unpaired) electrons. The van der Waals surface area contributed by atoms with Gasteiger partial charge >= 0.3 is 12.2 Å². The summed E-state index contributed by atoms with van der Waals surface area (Å²) in [5, 5.41) is 5.51. The highest BCUT2D eigenvalue weighted by Gasteiger charge is 2.35. The average Bonchev–Trinajstić information content (AvgIpc) is 2.69. The van der Waals surface area contributed by atoms with Crippen molar-refractivity contribution in [2.45, 2.75) is 38.6 Å². The molecule has 0 aliphatic carbocycles. The van der Waals surface area contributed by atoms with Gasteiger partial charge in [-0.05, 0) is 49.2 Å². The molecule has 0 saturated heterocycles. The lowest BCUT2D eigenvalue weighted by Gasteiger charge is -2.34. The van der Waals surface area contributed by atoms with Crippen LogP contribution in [0.5, 0.6) is 5.75 Å². The quantitative estimate of drug-likeness (QED) is 0.643. The summed E-state index contributed by atoms with van der Waals surface area (Å²) in [4.78, 5) is 26.1. The number of amides is 3. The first-order valence-electron chi connectivity index (χ1n) is 10.00. The summed E-state index contributed by atoms with van der Waals surface area (Å²) in [6.07, 6.45) is -2.75. The minimum Gasteiger partial charge on any atom is -0.487 e. The van der Waals surface area contributed by atoms with Gasteiger partial charge in [-0.1, -0.05) is 12.1 Å². The lowest BCUT2D eigenvalue weighted by atomic mass is 9.88. The van der Waals surface area contributed by atoms with E-state index in [0.717, 1.165) is 17.7 Å². The van der Waals surface area contributed by atoms with Crippen molar-refractivity contribution in [3.05, 3.63) is 59.2 Å². The van der Waals surface area contributed by atoms with Crippen molar-refractivity contribution in [1.82, 2.24) is 5.32 Å². The summed E-state index contributed by atoms with van der Waals surface area (Å²) in [6, 6.07) is 8.31. The third-order valence-corrected chi connectivity index (χ3v) is 5.41. The van der Waals surface area contributed by atoms with E-state index in [1.807, 2.05) is 6.07 Å². The van der Waals surface area contributed by atoms with Gasteiger partial charge in [0.15, 0.2) is 0 Å². The van der Waals surface area contributed by atoms with Gasteiger partial charge < -0.3 is 15.4 Å². The maximum absolute atomic E-state index is 13.1. The van der Waals surface area contributed by atoms with Crippen molar-refractivity contribution in [2.75, 3.05) is 17.3 Å². The Balaban J connectivity index is 1.62. The van der Waals surface area contributed by atoms with Crippen LogP contribution in [0.25, 0.3) is 5.57 Å². The first-order chi connectivity index (χ1) is 14.9. The number of nitrogens with zero attached hydrogens (tertiary/aromatic N) is 1. The van der Waals surface area contributed by atoms with E-state index in [1.165, 1.54) is 17.0 Å². The number of hydrogen-bond acceptors (Lipinski definition) is 3. The van der Waals surface area contributed by atoms with Gasteiger partial charge in [-0.15, -0.1) is 0 Å². The molecule has 6 nitrogen and oxygen atoms in total. The number of ether oxygens (including phenoxy) is 1. The van der Waals surface area contributed by atoms with Gasteiger partial charge in [-0.3, -0.25) is 9.69 Å². The summed E-state index contributed by atoms with van der Waals surface area (Å²) in [5.74, 6) is -0.331. The number of carbonyl (C=O) groups excluding carboxylic acids is 2. The third-order valence-electron chi connectivity index (χ3n) is 5.41. The number of nitrogens with one attached hydrogen (secondary N) is 2. The normalized spacial score (nSPS) is 18.4. The standard InChI is InChI=1S/C23H22F3N3O3/c1-22(2)11-14(17-7-5-15(23(24,25)26)9-19(17)32-22)8-20(30)28-16-6-4-13-12-27-21(31)29(3)18(13)10-16/h4-10H,11-12H2,1-3H3,(H,27,31)(H,28,30). The average molecular weight is 445 g/mol. The van der Waals surface area contributed by atoms with Gasteiger partial charge in [0.05, 0.1) is 11.3 Å². The Bertz CT molecular complexity index is 1140. The Labute approximate surface area is 183 Å². The molecule has 2 aliphatic heterocycles. The molecule has 0 bridgehead atoms. The third kappa shape index (κ3) is 4.28. The second-order valence-electron chi connectivity index (χ2n) is 8.47. The van der Waals surface area contributed by atoms with Crippen molar-refractivity contribution >= 4 is 28.9 Å². The van der Waals surface area contributed by atoms with Crippen LogP contribution >= 0.6 is 0 Å². The molecule has 3 amide bonds. The highest BCUT2D eigenvalue weighted by Crippen LogP contribution is 2.43. The topological polar surface area (TPSA) is 70.7 Å². The van der Waals surface area contributed by atoms with Gasteiger partial charge in [-0.25, -0.2) is 4.79 Å². The predicted molar refractivity (Wildman–Crippen MR) is 114 cm³/mol. The molecule has 168 valence electrons. The molecule has 4 rings (SSSR count). The molecule has 2 aromatic rings. The molecule has 2 aromatic carbocycles. The molecule has 32 heavy (non-hydrogen) atoms. The van der Waals surface area contributed by atoms with Gasteiger partial charge in [0.1, 0.15) is 11.4 Å². The number of anilines is 2. The van der Waals surface area contributed by atoms with Crippen LogP contribution in [0, 0.1) is 0 Å². The van der Waals surface area contributed by atoms with Crippen LogP contribution in [-0.4, -0.2) is 24.6 Å². The monoisotopic (exact) mass is 445 g/mol. The smallest absolute Gasteiger partial charge is 0.416 e. The number of halogens is 3. The number of alkyl halides is 3. The summed E-state index contributed by atoms with van der Waals surface area (Å²) >= 11 is 0. The number of fused-ring (bicyclic) bond motifs is 2. The molecular formula is C23H22F3N3O3. The molecular weight excluding hydrogens is 423 g/mol. The zero-order chi connectivity index (χ0) is 23.3. The van der Waals surface area contributed by atoms with Crippen LogP contribution in [0.15, 0.2) is 42.5 Å². The fourth-order valence-electron chi connectivity index (χ4n) is 3.90. The molecule has 0 fully saturated rings. The van der Waals surface area contributed by atoms with Crippen molar-refractivity contribution in [3.8, 4) is 5.75 Å². The zero-order valence-corrected chi connectivity index (χ0v) is 17.8. The Hall–Kier alpha value is -3.49. The SMILES string of the molecule is CN1C(=O)NCc2ccc(NC(=O)C=C3CC(C)(C)Oc4cc(C(F)(F)F)ccc43)cc21. The lowest BCUT2D eigenvalue weighted by molar-refractivity contribution is -0.137. The van der Waals surface area contributed by atoms with E-state index in [0.29, 0.717) is 35.5 Å². The van der Waals surface area contributed by atoms with Gasteiger partial charge in [-0.2, -0.15) is 13.2 Å². The number of benzene rings is 2.